The molecule has 1 fully saturated rings. The van der Waals surface area contributed by atoms with Crippen LogP contribution in [0, 0.1) is 5.92 Å². The predicted octanol–water partition coefficient (Wildman–Crippen LogP) is 2.15. The van der Waals surface area contributed by atoms with Crippen LogP contribution in [-0.4, -0.2) is 54.9 Å². The van der Waals surface area contributed by atoms with Crippen molar-refractivity contribution in [1.82, 2.24) is 20.8 Å². The molecule has 1 aliphatic carbocycles. The second-order valence-electron chi connectivity index (χ2n) is 9.16. The molecule has 9 heteroatoms. The third-order valence-electron chi connectivity index (χ3n) is 6.78. The topological polar surface area (TPSA) is 145 Å². The molecule has 35 heavy (non-hydrogen) atoms. The van der Waals surface area contributed by atoms with E-state index in [-0.39, 0.29) is 12.1 Å². The second-order valence-corrected chi connectivity index (χ2v) is 9.16. The van der Waals surface area contributed by atoms with Gasteiger partial charge in [-0.25, -0.2) is 10.5 Å². The minimum atomic E-state index is -1.32. The molecule has 1 saturated carbocycles. The minimum Gasteiger partial charge on any atom is -0.391 e. The van der Waals surface area contributed by atoms with E-state index in [0.717, 1.165) is 18.4 Å². The van der Waals surface area contributed by atoms with Gasteiger partial charge in [-0.15, -0.1) is 0 Å². The van der Waals surface area contributed by atoms with Gasteiger partial charge >= 0.3 is 0 Å². The highest BCUT2D eigenvalue weighted by Gasteiger charge is 2.45. The lowest BCUT2D eigenvalue weighted by Gasteiger charge is -2.34. The third-order valence-corrected chi connectivity index (χ3v) is 6.78. The average molecular weight is 479 g/mol. The summed E-state index contributed by atoms with van der Waals surface area (Å²) in [5.41, 5.74) is 2.52. The van der Waals surface area contributed by atoms with Crippen molar-refractivity contribution in [3.63, 3.8) is 0 Å². The molecule has 0 unspecified atom stereocenters. The van der Waals surface area contributed by atoms with Crippen LogP contribution >= 0.6 is 0 Å². The van der Waals surface area contributed by atoms with Gasteiger partial charge in [-0.3, -0.25) is 19.8 Å². The highest BCUT2D eigenvalue weighted by atomic mass is 16.5. The maximum absolute atomic E-state index is 13.1. The summed E-state index contributed by atoms with van der Waals surface area (Å²) in [5, 5.41) is 34.4. The minimum absolute atomic E-state index is 0.105. The maximum atomic E-state index is 13.1. The summed E-state index contributed by atoms with van der Waals surface area (Å²) < 4.78 is 0. The zero-order valence-corrected chi connectivity index (χ0v) is 19.3. The quantitative estimate of drug-likeness (QED) is 0.234. The maximum Gasteiger partial charge on any atom is 0.271 e. The van der Waals surface area contributed by atoms with Gasteiger partial charge in [0.15, 0.2) is 0 Å². The van der Waals surface area contributed by atoms with E-state index < -0.39 is 35.5 Å². The largest absolute Gasteiger partial charge is 0.391 e. The molecule has 0 radical (unpaired) electrons. The number of hydroxylamine groups is 1. The van der Waals surface area contributed by atoms with Crippen LogP contribution in [0.1, 0.15) is 48.2 Å². The molecule has 1 heterocycles. The molecule has 4 rings (SSSR count). The molecule has 1 aromatic heterocycles. The van der Waals surface area contributed by atoms with Gasteiger partial charge in [0.05, 0.1) is 40.9 Å². The first kappa shape index (κ1) is 24.7. The van der Waals surface area contributed by atoms with Crippen molar-refractivity contribution in [2.75, 3.05) is 0 Å². The molecular formula is C26H30N4O5. The monoisotopic (exact) mass is 478 g/mol. The number of hydrogen-bond donors (Lipinski definition) is 5. The number of para-hydroxylation sites is 2. The Balaban J connectivity index is 1.57. The number of nitrogens with zero attached hydrogens (tertiary/aromatic N) is 2. The van der Waals surface area contributed by atoms with Crippen LogP contribution in [0.2, 0.25) is 0 Å². The third kappa shape index (κ3) is 5.82. The van der Waals surface area contributed by atoms with E-state index >= 15 is 0 Å². The van der Waals surface area contributed by atoms with Crippen molar-refractivity contribution in [3.8, 4) is 0 Å². The molecule has 3 aromatic rings. The van der Waals surface area contributed by atoms with Gasteiger partial charge in [0.2, 0.25) is 5.91 Å². The molecule has 0 spiro atoms. The summed E-state index contributed by atoms with van der Waals surface area (Å²) in [6.45, 7) is 0. The smallest absolute Gasteiger partial charge is 0.271 e. The van der Waals surface area contributed by atoms with Crippen molar-refractivity contribution in [2.45, 2.75) is 56.3 Å². The molecule has 3 atom stereocenters. The van der Waals surface area contributed by atoms with Gasteiger partial charge in [-0.2, -0.15) is 0 Å². The first-order chi connectivity index (χ1) is 16.9. The summed E-state index contributed by atoms with van der Waals surface area (Å²) >= 11 is 0. The summed E-state index contributed by atoms with van der Waals surface area (Å²) in [7, 11) is 0. The number of carbonyl (C=O) groups excluding carboxylic acids is 2. The standard InChI is InChI=1S/C26H30N4O5/c31-23(15-18(24(32)30-35)26(34)12-6-7-13-26)21(14-17-8-2-1-3-9-17)29-25(33)22-16-27-19-10-4-5-11-20(19)28-22/h1-5,8-11,16,18,21,23,31,34-35H,6-7,12-15H2,(H,29,33)(H,30,32)/t18-,21+,23+/m1/s1. The molecule has 1 aliphatic rings. The number of nitrogens with one attached hydrogen (secondary N) is 2. The highest BCUT2D eigenvalue weighted by molar-refractivity contribution is 5.94. The number of aliphatic hydroxyl groups is 2. The Morgan fingerprint density at radius 3 is 2.34 bits per heavy atom. The van der Waals surface area contributed by atoms with Crippen molar-refractivity contribution < 1.29 is 25.0 Å². The zero-order chi connectivity index (χ0) is 24.8. The van der Waals surface area contributed by atoms with Crippen LogP contribution in [0.5, 0.6) is 0 Å². The van der Waals surface area contributed by atoms with Crippen molar-refractivity contribution in [1.29, 1.82) is 0 Å². The number of hydrogen-bond acceptors (Lipinski definition) is 7. The van der Waals surface area contributed by atoms with E-state index in [1.165, 1.54) is 6.20 Å². The Morgan fingerprint density at radius 2 is 1.66 bits per heavy atom. The Hall–Kier alpha value is -3.40. The number of benzene rings is 2. The van der Waals surface area contributed by atoms with Crippen LogP contribution in [0.15, 0.2) is 60.8 Å². The molecule has 5 N–H and O–H groups in total. The normalized spacial score (nSPS) is 17.5. The molecule has 0 saturated heterocycles. The summed E-state index contributed by atoms with van der Waals surface area (Å²) in [6, 6.07) is 15.8. The average Bonchev–Trinajstić information content (AvgIpc) is 3.33. The second kappa shape index (κ2) is 10.9. The van der Waals surface area contributed by atoms with Crippen LogP contribution in [0.25, 0.3) is 11.0 Å². The van der Waals surface area contributed by atoms with E-state index in [9.17, 15) is 25.0 Å². The van der Waals surface area contributed by atoms with Crippen LogP contribution < -0.4 is 10.8 Å². The van der Waals surface area contributed by atoms with Gasteiger partial charge in [0.1, 0.15) is 5.69 Å². The van der Waals surface area contributed by atoms with Crippen LogP contribution in [0.4, 0.5) is 0 Å². The van der Waals surface area contributed by atoms with Crippen molar-refractivity contribution in [3.05, 3.63) is 72.1 Å². The highest BCUT2D eigenvalue weighted by Crippen LogP contribution is 2.38. The Bertz CT molecular complexity index is 1170. The molecule has 0 bridgehead atoms. The number of fused-ring (bicyclic) bond motifs is 1. The number of rotatable bonds is 9. The van der Waals surface area contributed by atoms with Crippen molar-refractivity contribution in [2.24, 2.45) is 5.92 Å². The Morgan fingerprint density at radius 1 is 1.00 bits per heavy atom. The van der Waals surface area contributed by atoms with E-state index in [0.29, 0.717) is 30.3 Å². The van der Waals surface area contributed by atoms with E-state index in [4.69, 9.17) is 0 Å². The van der Waals surface area contributed by atoms with E-state index in [2.05, 4.69) is 15.3 Å². The fraction of sp³-hybridized carbons (Fsp3) is 0.385. The van der Waals surface area contributed by atoms with Gasteiger partial charge in [-0.1, -0.05) is 55.3 Å². The molecule has 2 amide bonds. The number of amides is 2. The summed E-state index contributed by atoms with van der Waals surface area (Å²) in [6.07, 6.45) is 2.68. The summed E-state index contributed by atoms with van der Waals surface area (Å²) in [5.74, 6) is -2.29. The zero-order valence-electron chi connectivity index (χ0n) is 19.3. The van der Waals surface area contributed by atoms with E-state index in [1.54, 1.807) is 23.7 Å². The van der Waals surface area contributed by atoms with Crippen molar-refractivity contribution >= 4 is 22.8 Å². The first-order valence-corrected chi connectivity index (χ1v) is 11.8. The first-order valence-electron chi connectivity index (χ1n) is 11.8. The fourth-order valence-electron chi connectivity index (χ4n) is 4.85. The lowest BCUT2D eigenvalue weighted by molar-refractivity contribution is -0.145. The number of aliphatic hydroxyl groups excluding tert-OH is 1. The van der Waals surface area contributed by atoms with Gasteiger partial charge in [0, 0.05) is 0 Å². The number of aromatic nitrogens is 2. The number of carbonyl (C=O) groups is 2. The Labute approximate surface area is 203 Å². The summed E-state index contributed by atoms with van der Waals surface area (Å²) in [4.78, 5) is 34.2. The molecule has 0 aliphatic heterocycles. The predicted molar refractivity (Wildman–Crippen MR) is 128 cm³/mol. The Kier molecular flexibility index (Phi) is 7.70. The van der Waals surface area contributed by atoms with Gasteiger partial charge in [0.25, 0.3) is 5.91 Å². The molecule has 184 valence electrons. The molecule has 9 nitrogen and oxygen atoms in total. The van der Waals surface area contributed by atoms with Gasteiger partial charge in [-0.05, 0) is 43.4 Å². The van der Waals surface area contributed by atoms with E-state index in [1.807, 2.05) is 36.4 Å². The fourth-order valence-corrected chi connectivity index (χ4v) is 4.85. The SMILES string of the molecule is O=C(N[C@@H](Cc1ccccc1)[C@@H](O)C[C@H](C(=O)NO)C1(O)CCCC1)c1cnc2ccccc2n1. The lowest BCUT2D eigenvalue weighted by Crippen LogP contribution is -2.51. The van der Waals surface area contributed by atoms with Crippen LogP contribution in [-0.2, 0) is 11.2 Å². The molecule has 2 aromatic carbocycles. The van der Waals surface area contributed by atoms with Crippen LogP contribution in [0.3, 0.4) is 0 Å². The lowest BCUT2D eigenvalue weighted by atomic mass is 9.79. The molecular weight excluding hydrogens is 448 g/mol. The van der Waals surface area contributed by atoms with Gasteiger partial charge < -0.3 is 15.5 Å².